The maximum atomic E-state index is 13.3. The lowest BCUT2D eigenvalue weighted by atomic mass is 9.95. The predicted octanol–water partition coefficient (Wildman–Crippen LogP) is 3.78. The van der Waals surface area contributed by atoms with Gasteiger partial charge in [0.25, 0.3) is 0 Å². The molecule has 0 spiro atoms. The minimum absolute atomic E-state index is 0.159. The fraction of sp³-hybridized carbons (Fsp3) is 0.500. The molecule has 0 saturated carbocycles. The SMILES string of the molecule is CC(C)C1SCc2c(ccc(F)c2Cl)C1O. The lowest BCUT2D eigenvalue weighted by Crippen LogP contribution is -2.26. The number of aliphatic hydroxyl groups excluding tert-OH is 1. The third kappa shape index (κ3) is 1.96. The summed E-state index contributed by atoms with van der Waals surface area (Å²) < 4.78 is 13.3. The molecule has 0 bridgehead atoms. The van der Waals surface area contributed by atoms with Crippen LogP contribution in [0.25, 0.3) is 0 Å². The molecule has 0 radical (unpaired) electrons. The number of halogens is 2. The first-order valence-corrected chi connectivity index (χ1v) is 6.71. The Kier molecular flexibility index (Phi) is 3.48. The van der Waals surface area contributed by atoms with Gasteiger partial charge >= 0.3 is 0 Å². The summed E-state index contributed by atoms with van der Waals surface area (Å²) in [6.45, 7) is 4.16. The monoisotopic (exact) mass is 260 g/mol. The van der Waals surface area contributed by atoms with Crippen LogP contribution in [0.1, 0.15) is 31.1 Å². The van der Waals surface area contributed by atoms with Crippen LogP contribution in [0.3, 0.4) is 0 Å². The molecule has 2 atom stereocenters. The van der Waals surface area contributed by atoms with Crippen LogP contribution in [0, 0.1) is 11.7 Å². The van der Waals surface area contributed by atoms with Crippen molar-refractivity contribution in [2.24, 2.45) is 5.92 Å². The molecule has 0 aromatic heterocycles. The van der Waals surface area contributed by atoms with Crippen molar-refractivity contribution < 1.29 is 9.50 Å². The average molecular weight is 261 g/mol. The molecule has 0 fully saturated rings. The highest BCUT2D eigenvalue weighted by atomic mass is 35.5. The van der Waals surface area contributed by atoms with Gasteiger partial charge in [0.15, 0.2) is 0 Å². The van der Waals surface area contributed by atoms with Crippen molar-refractivity contribution in [1.29, 1.82) is 0 Å². The summed E-state index contributed by atoms with van der Waals surface area (Å²) in [4.78, 5) is 0. The highest BCUT2D eigenvalue weighted by Crippen LogP contribution is 2.43. The molecule has 0 aliphatic carbocycles. The van der Waals surface area contributed by atoms with Crippen LogP contribution < -0.4 is 0 Å². The van der Waals surface area contributed by atoms with Crippen molar-refractivity contribution in [2.75, 3.05) is 0 Å². The first-order valence-electron chi connectivity index (χ1n) is 5.28. The van der Waals surface area contributed by atoms with Crippen molar-refractivity contribution in [2.45, 2.75) is 31.0 Å². The van der Waals surface area contributed by atoms with E-state index in [-0.39, 0.29) is 10.3 Å². The van der Waals surface area contributed by atoms with Gasteiger partial charge < -0.3 is 5.11 Å². The van der Waals surface area contributed by atoms with Crippen molar-refractivity contribution in [3.8, 4) is 0 Å². The Morgan fingerprint density at radius 3 is 2.81 bits per heavy atom. The highest BCUT2D eigenvalue weighted by Gasteiger charge is 2.32. The van der Waals surface area contributed by atoms with Crippen LogP contribution in [0.4, 0.5) is 4.39 Å². The molecular formula is C12H14ClFOS. The normalized spacial score (nSPS) is 24.6. The fourth-order valence-corrected chi connectivity index (χ4v) is 3.74. The van der Waals surface area contributed by atoms with Crippen LogP contribution >= 0.6 is 23.4 Å². The second-order valence-electron chi connectivity index (χ2n) is 4.39. The lowest BCUT2D eigenvalue weighted by Gasteiger charge is -2.32. The van der Waals surface area contributed by atoms with Crippen LogP contribution in [-0.2, 0) is 5.75 Å². The topological polar surface area (TPSA) is 20.2 Å². The van der Waals surface area contributed by atoms with E-state index in [0.717, 1.165) is 11.1 Å². The second-order valence-corrected chi connectivity index (χ2v) is 5.94. The molecule has 1 aromatic rings. The summed E-state index contributed by atoms with van der Waals surface area (Å²) >= 11 is 7.55. The molecule has 1 nitrogen and oxygen atoms in total. The zero-order valence-electron chi connectivity index (χ0n) is 9.21. The number of thioether (sulfide) groups is 1. The summed E-state index contributed by atoms with van der Waals surface area (Å²) in [6.07, 6.45) is -0.549. The van der Waals surface area contributed by atoms with Gasteiger partial charge in [0.1, 0.15) is 5.82 Å². The summed E-state index contributed by atoms with van der Waals surface area (Å²) in [5.74, 6) is 0.652. The van der Waals surface area contributed by atoms with Crippen molar-refractivity contribution in [3.63, 3.8) is 0 Å². The van der Waals surface area contributed by atoms with Gasteiger partial charge in [0.05, 0.1) is 11.1 Å². The molecule has 1 aromatic carbocycles. The van der Waals surface area contributed by atoms with Crippen LogP contribution in [-0.4, -0.2) is 10.4 Å². The van der Waals surface area contributed by atoms with Gasteiger partial charge in [-0.2, -0.15) is 11.8 Å². The number of benzene rings is 1. The molecule has 1 heterocycles. The second kappa shape index (κ2) is 4.55. The molecule has 1 N–H and O–H groups in total. The summed E-state index contributed by atoms with van der Waals surface area (Å²) in [5.41, 5.74) is 1.53. The van der Waals surface area contributed by atoms with Gasteiger partial charge in [-0.1, -0.05) is 31.5 Å². The van der Waals surface area contributed by atoms with Gasteiger partial charge in [-0.05, 0) is 23.1 Å². The Morgan fingerprint density at radius 2 is 2.19 bits per heavy atom. The van der Waals surface area contributed by atoms with E-state index >= 15 is 0 Å². The maximum Gasteiger partial charge on any atom is 0.142 e. The first-order chi connectivity index (χ1) is 7.52. The molecule has 2 rings (SSSR count). The number of hydrogen-bond donors (Lipinski definition) is 1. The van der Waals surface area contributed by atoms with Crippen molar-refractivity contribution in [3.05, 3.63) is 34.1 Å². The largest absolute Gasteiger partial charge is 0.387 e. The Balaban J connectivity index is 2.43. The third-order valence-electron chi connectivity index (χ3n) is 2.94. The van der Waals surface area contributed by atoms with Crippen LogP contribution in [0.5, 0.6) is 0 Å². The Morgan fingerprint density at radius 1 is 1.50 bits per heavy atom. The van der Waals surface area contributed by atoms with E-state index in [0.29, 0.717) is 11.7 Å². The van der Waals surface area contributed by atoms with E-state index in [1.54, 1.807) is 17.8 Å². The number of rotatable bonds is 1. The number of hydrogen-bond acceptors (Lipinski definition) is 2. The Bertz CT molecular complexity index is 408. The van der Waals surface area contributed by atoms with Gasteiger partial charge in [0, 0.05) is 11.0 Å². The first kappa shape index (κ1) is 12.2. The summed E-state index contributed by atoms with van der Waals surface area (Å²) in [7, 11) is 0. The van der Waals surface area contributed by atoms with E-state index in [9.17, 15) is 9.50 Å². The van der Waals surface area contributed by atoms with E-state index in [2.05, 4.69) is 13.8 Å². The molecule has 2 unspecified atom stereocenters. The molecule has 1 aliphatic rings. The summed E-state index contributed by atoms with van der Waals surface area (Å²) in [5, 5.41) is 10.5. The highest BCUT2D eigenvalue weighted by molar-refractivity contribution is 7.99. The minimum atomic E-state index is -0.549. The zero-order chi connectivity index (χ0) is 11.9. The Labute approximate surface area is 104 Å². The maximum absolute atomic E-state index is 13.3. The molecule has 4 heteroatoms. The molecule has 88 valence electrons. The number of fused-ring (bicyclic) bond motifs is 1. The van der Waals surface area contributed by atoms with E-state index < -0.39 is 11.9 Å². The standard InChI is InChI=1S/C12H14ClFOS/c1-6(2)12-11(15)7-3-4-9(14)10(13)8(7)5-16-12/h3-4,6,11-12,15H,5H2,1-2H3. The van der Waals surface area contributed by atoms with Gasteiger partial charge in [0.2, 0.25) is 0 Å². The van der Waals surface area contributed by atoms with Gasteiger partial charge in [-0.25, -0.2) is 4.39 Å². The van der Waals surface area contributed by atoms with Crippen molar-refractivity contribution in [1.82, 2.24) is 0 Å². The van der Waals surface area contributed by atoms with Gasteiger partial charge in [-0.3, -0.25) is 0 Å². The molecule has 0 amide bonds. The predicted molar refractivity (Wildman–Crippen MR) is 66.3 cm³/mol. The quantitative estimate of drug-likeness (QED) is 0.829. The molecule has 0 saturated heterocycles. The van der Waals surface area contributed by atoms with E-state index in [1.807, 2.05) is 0 Å². The van der Waals surface area contributed by atoms with Gasteiger partial charge in [-0.15, -0.1) is 0 Å². The van der Waals surface area contributed by atoms with Crippen LogP contribution in [0.2, 0.25) is 5.02 Å². The Hall–Kier alpha value is -0.250. The number of aliphatic hydroxyl groups is 1. The summed E-state index contributed by atoms with van der Waals surface area (Å²) in [6, 6.07) is 2.98. The average Bonchev–Trinajstić information content (AvgIpc) is 2.23. The van der Waals surface area contributed by atoms with Crippen LogP contribution in [0.15, 0.2) is 12.1 Å². The van der Waals surface area contributed by atoms with E-state index in [4.69, 9.17) is 11.6 Å². The molecule has 16 heavy (non-hydrogen) atoms. The lowest BCUT2D eigenvalue weighted by molar-refractivity contribution is 0.155. The fourth-order valence-electron chi connectivity index (χ4n) is 2.04. The smallest absolute Gasteiger partial charge is 0.142 e. The van der Waals surface area contributed by atoms with Crippen molar-refractivity contribution >= 4 is 23.4 Å². The van der Waals surface area contributed by atoms with E-state index in [1.165, 1.54) is 6.07 Å². The minimum Gasteiger partial charge on any atom is -0.387 e. The third-order valence-corrected chi connectivity index (χ3v) is 4.99. The molecule has 1 aliphatic heterocycles. The molecular weight excluding hydrogens is 247 g/mol. The zero-order valence-corrected chi connectivity index (χ0v) is 10.8.